The van der Waals surface area contributed by atoms with Crippen molar-refractivity contribution in [2.45, 2.75) is 26.9 Å². The summed E-state index contributed by atoms with van der Waals surface area (Å²) < 4.78 is 10.1. The highest BCUT2D eigenvalue weighted by Crippen LogP contribution is 2.31. The maximum absolute atomic E-state index is 12.7. The number of allylic oxidation sites excluding steroid dienone is 1. The standard InChI is InChI=1S/C23H23N3O5/c1-5-13(2)23(29)31-14(3)20-21-16(15-8-6-7-9-17(15)25-21)12-18(26-20)22(28)24-11-10-19(27)30-4/h5-12,14,25H,1-4H3,(H,24,28)/b11-10-,13-5+/t14-/m0/s1. The number of benzene rings is 1. The minimum Gasteiger partial charge on any atom is -0.466 e. The summed E-state index contributed by atoms with van der Waals surface area (Å²) in [4.78, 5) is 43.9. The van der Waals surface area contributed by atoms with Gasteiger partial charge in [0.1, 0.15) is 17.5 Å². The SMILES string of the molecule is C/C=C(\C)C(=O)O[C@@H](C)c1nc(C(=O)N/C=C\C(=O)OC)cc2c1[nH]c1ccccc12. The quantitative estimate of drug-likeness (QED) is 0.464. The van der Waals surface area contributed by atoms with Crippen molar-refractivity contribution >= 4 is 39.7 Å². The van der Waals surface area contributed by atoms with Crippen molar-refractivity contribution in [3.8, 4) is 0 Å². The van der Waals surface area contributed by atoms with Gasteiger partial charge in [-0.2, -0.15) is 0 Å². The number of nitrogens with zero attached hydrogens (tertiary/aromatic N) is 1. The lowest BCUT2D eigenvalue weighted by Crippen LogP contribution is -2.20. The second kappa shape index (κ2) is 9.25. The van der Waals surface area contributed by atoms with Crippen LogP contribution in [-0.2, 0) is 19.1 Å². The second-order valence-electron chi connectivity index (χ2n) is 6.84. The van der Waals surface area contributed by atoms with Gasteiger partial charge < -0.3 is 19.8 Å². The van der Waals surface area contributed by atoms with Crippen LogP contribution in [0, 0.1) is 0 Å². The minimum atomic E-state index is -0.712. The molecule has 0 saturated carbocycles. The molecule has 8 heteroatoms. The predicted octanol–water partition coefficient (Wildman–Crippen LogP) is 3.70. The van der Waals surface area contributed by atoms with Crippen molar-refractivity contribution in [3.63, 3.8) is 0 Å². The number of methoxy groups -OCH3 is 1. The summed E-state index contributed by atoms with van der Waals surface area (Å²) in [5, 5.41) is 4.17. The van der Waals surface area contributed by atoms with Crippen LogP contribution in [0.25, 0.3) is 21.8 Å². The van der Waals surface area contributed by atoms with E-state index in [0.717, 1.165) is 22.4 Å². The number of ether oxygens (including phenoxy) is 2. The van der Waals surface area contributed by atoms with E-state index in [2.05, 4.69) is 20.0 Å². The van der Waals surface area contributed by atoms with E-state index in [0.29, 0.717) is 16.8 Å². The lowest BCUT2D eigenvalue weighted by atomic mass is 10.1. The predicted molar refractivity (Wildman–Crippen MR) is 116 cm³/mol. The van der Waals surface area contributed by atoms with Crippen LogP contribution in [0.2, 0.25) is 0 Å². The van der Waals surface area contributed by atoms with Crippen molar-refractivity contribution < 1.29 is 23.9 Å². The lowest BCUT2D eigenvalue weighted by Gasteiger charge is -2.15. The Morgan fingerprint density at radius 2 is 1.94 bits per heavy atom. The van der Waals surface area contributed by atoms with Gasteiger partial charge in [-0.15, -0.1) is 0 Å². The number of esters is 2. The largest absolute Gasteiger partial charge is 0.466 e. The van der Waals surface area contributed by atoms with Gasteiger partial charge in [-0.05, 0) is 32.9 Å². The summed E-state index contributed by atoms with van der Waals surface area (Å²) in [6, 6.07) is 9.29. The van der Waals surface area contributed by atoms with E-state index in [1.165, 1.54) is 13.3 Å². The van der Waals surface area contributed by atoms with Gasteiger partial charge in [-0.3, -0.25) is 4.79 Å². The van der Waals surface area contributed by atoms with Crippen molar-refractivity contribution in [2.75, 3.05) is 7.11 Å². The van der Waals surface area contributed by atoms with Crippen LogP contribution in [0.5, 0.6) is 0 Å². The fourth-order valence-electron chi connectivity index (χ4n) is 3.04. The van der Waals surface area contributed by atoms with E-state index in [-0.39, 0.29) is 5.69 Å². The Labute approximate surface area is 178 Å². The van der Waals surface area contributed by atoms with Crippen LogP contribution in [0.1, 0.15) is 43.1 Å². The number of fused-ring (bicyclic) bond motifs is 3. The first-order chi connectivity index (χ1) is 14.8. The zero-order chi connectivity index (χ0) is 22.5. The minimum absolute atomic E-state index is 0.118. The highest BCUT2D eigenvalue weighted by Gasteiger charge is 2.22. The average molecular weight is 421 g/mol. The van der Waals surface area contributed by atoms with E-state index in [1.54, 1.807) is 32.9 Å². The van der Waals surface area contributed by atoms with Crippen LogP contribution in [0.4, 0.5) is 0 Å². The van der Waals surface area contributed by atoms with E-state index < -0.39 is 23.9 Å². The molecule has 0 spiro atoms. The molecule has 1 amide bonds. The molecule has 8 nitrogen and oxygen atoms in total. The van der Waals surface area contributed by atoms with Crippen LogP contribution >= 0.6 is 0 Å². The molecule has 3 aromatic rings. The summed E-state index contributed by atoms with van der Waals surface area (Å²) in [7, 11) is 1.24. The Bertz CT molecular complexity index is 1220. The maximum Gasteiger partial charge on any atom is 0.334 e. The first kappa shape index (κ1) is 21.8. The van der Waals surface area contributed by atoms with E-state index >= 15 is 0 Å². The summed E-state index contributed by atoms with van der Waals surface area (Å²) in [6.45, 7) is 5.12. The van der Waals surface area contributed by atoms with Gasteiger partial charge in [0.05, 0.1) is 12.6 Å². The van der Waals surface area contributed by atoms with E-state index in [4.69, 9.17) is 4.74 Å². The molecule has 2 N–H and O–H groups in total. The summed E-state index contributed by atoms with van der Waals surface area (Å²) in [5.41, 5.74) is 2.57. The molecule has 160 valence electrons. The number of aromatic amines is 1. The Morgan fingerprint density at radius 1 is 1.19 bits per heavy atom. The fraction of sp³-hybridized carbons (Fsp3) is 0.217. The average Bonchev–Trinajstić information content (AvgIpc) is 3.16. The highest BCUT2D eigenvalue weighted by molar-refractivity contribution is 6.10. The molecule has 2 aromatic heterocycles. The third kappa shape index (κ3) is 4.63. The highest BCUT2D eigenvalue weighted by atomic mass is 16.5. The molecule has 0 bridgehead atoms. The van der Waals surface area contributed by atoms with Crippen LogP contribution in [0.15, 0.2) is 54.3 Å². The fourth-order valence-corrected chi connectivity index (χ4v) is 3.04. The molecule has 0 fully saturated rings. The number of H-pyrrole nitrogens is 1. The number of hydrogen-bond donors (Lipinski definition) is 2. The Kier molecular flexibility index (Phi) is 6.49. The molecule has 0 radical (unpaired) electrons. The summed E-state index contributed by atoms with van der Waals surface area (Å²) >= 11 is 0. The summed E-state index contributed by atoms with van der Waals surface area (Å²) in [6.07, 6.45) is 3.23. The number of pyridine rings is 1. The van der Waals surface area contributed by atoms with E-state index in [9.17, 15) is 14.4 Å². The molecule has 31 heavy (non-hydrogen) atoms. The van der Waals surface area contributed by atoms with Gasteiger partial charge in [0, 0.05) is 34.1 Å². The maximum atomic E-state index is 12.7. The number of carbonyl (C=O) groups excluding carboxylic acids is 3. The Balaban J connectivity index is 2.06. The van der Waals surface area contributed by atoms with Gasteiger partial charge in [0.15, 0.2) is 0 Å². The first-order valence-corrected chi connectivity index (χ1v) is 9.66. The van der Waals surface area contributed by atoms with Gasteiger partial charge in [0.25, 0.3) is 5.91 Å². The zero-order valence-corrected chi connectivity index (χ0v) is 17.7. The third-order valence-corrected chi connectivity index (χ3v) is 4.82. The molecular weight excluding hydrogens is 398 g/mol. The number of nitrogens with one attached hydrogen (secondary N) is 2. The number of carbonyl (C=O) groups is 3. The number of amides is 1. The van der Waals surface area contributed by atoms with E-state index in [1.807, 2.05) is 24.3 Å². The van der Waals surface area contributed by atoms with Crippen molar-refractivity contribution in [1.29, 1.82) is 0 Å². The zero-order valence-electron chi connectivity index (χ0n) is 17.7. The van der Waals surface area contributed by atoms with Crippen LogP contribution in [0.3, 0.4) is 0 Å². The molecule has 0 aliphatic rings. The first-order valence-electron chi connectivity index (χ1n) is 9.66. The van der Waals surface area contributed by atoms with Gasteiger partial charge >= 0.3 is 11.9 Å². The van der Waals surface area contributed by atoms with Gasteiger partial charge in [-0.25, -0.2) is 14.6 Å². The number of hydrogen-bond acceptors (Lipinski definition) is 6. The van der Waals surface area contributed by atoms with Crippen LogP contribution in [-0.4, -0.2) is 34.9 Å². The third-order valence-electron chi connectivity index (χ3n) is 4.82. The van der Waals surface area contributed by atoms with Crippen molar-refractivity contribution in [3.05, 3.63) is 65.6 Å². The van der Waals surface area contributed by atoms with Gasteiger partial charge in [0.2, 0.25) is 0 Å². The summed E-state index contributed by atoms with van der Waals surface area (Å²) in [5.74, 6) is -1.57. The molecule has 0 aliphatic heterocycles. The monoisotopic (exact) mass is 421 g/mol. The molecule has 1 atom stereocenters. The Hall–Kier alpha value is -3.94. The van der Waals surface area contributed by atoms with Crippen LogP contribution < -0.4 is 5.32 Å². The molecule has 3 rings (SSSR count). The molecule has 0 aliphatic carbocycles. The smallest absolute Gasteiger partial charge is 0.334 e. The Morgan fingerprint density at radius 3 is 2.65 bits per heavy atom. The van der Waals surface area contributed by atoms with Crippen molar-refractivity contribution in [2.24, 2.45) is 0 Å². The normalized spacial score (nSPS) is 12.8. The molecule has 2 heterocycles. The molecule has 0 saturated heterocycles. The number of para-hydroxylation sites is 1. The van der Waals surface area contributed by atoms with Crippen molar-refractivity contribution in [1.82, 2.24) is 15.3 Å². The topological polar surface area (TPSA) is 110 Å². The molecular formula is C23H23N3O5. The molecule has 0 unspecified atom stereocenters. The number of rotatable bonds is 6. The number of aromatic nitrogens is 2. The van der Waals surface area contributed by atoms with Gasteiger partial charge in [-0.1, -0.05) is 24.3 Å². The lowest BCUT2D eigenvalue weighted by molar-refractivity contribution is -0.143. The second-order valence-corrected chi connectivity index (χ2v) is 6.84. The molecule has 1 aromatic carbocycles.